The van der Waals surface area contributed by atoms with Gasteiger partial charge in [0.1, 0.15) is 5.75 Å². The van der Waals surface area contributed by atoms with Crippen molar-refractivity contribution in [1.82, 2.24) is 0 Å². The van der Waals surface area contributed by atoms with E-state index in [1.807, 2.05) is 7.11 Å². The van der Waals surface area contributed by atoms with Crippen LogP contribution in [0.2, 0.25) is 0 Å². The number of methoxy groups -OCH3 is 1. The van der Waals surface area contributed by atoms with Gasteiger partial charge in [-0.05, 0) is 66.5 Å². The zero-order valence-corrected chi connectivity index (χ0v) is 14.1. The molecule has 0 radical (unpaired) electrons. The molecule has 21 heavy (non-hydrogen) atoms. The van der Waals surface area contributed by atoms with Gasteiger partial charge in [-0.1, -0.05) is 44.6 Å². The fourth-order valence-electron chi connectivity index (χ4n) is 4.70. The number of fused-ring (bicyclic) bond motifs is 3. The molecule has 0 amide bonds. The van der Waals surface area contributed by atoms with E-state index in [9.17, 15) is 0 Å². The lowest BCUT2D eigenvalue weighted by Gasteiger charge is -2.47. The van der Waals surface area contributed by atoms with Crippen LogP contribution in [0.3, 0.4) is 0 Å². The quantitative estimate of drug-likeness (QED) is 0.663. The zero-order valence-electron chi connectivity index (χ0n) is 14.1. The summed E-state index contributed by atoms with van der Waals surface area (Å²) >= 11 is 0. The van der Waals surface area contributed by atoms with Crippen LogP contribution in [0, 0.1) is 5.92 Å². The summed E-state index contributed by atoms with van der Waals surface area (Å²) in [6, 6.07) is 4.71. The Labute approximate surface area is 129 Å². The zero-order chi connectivity index (χ0) is 15.2. The van der Waals surface area contributed by atoms with Crippen molar-refractivity contribution in [2.45, 2.75) is 64.7 Å². The van der Waals surface area contributed by atoms with E-state index in [0.717, 1.165) is 12.2 Å². The van der Waals surface area contributed by atoms with Crippen LogP contribution in [0.1, 0.15) is 69.6 Å². The molecule has 0 bridgehead atoms. The Kier molecular flexibility index (Phi) is 3.63. The van der Waals surface area contributed by atoms with Gasteiger partial charge in [0.25, 0.3) is 0 Å². The van der Waals surface area contributed by atoms with Crippen LogP contribution in [-0.4, -0.2) is 7.11 Å². The molecule has 2 atom stereocenters. The molecule has 3 rings (SSSR count). The third-order valence-electron chi connectivity index (χ3n) is 5.86. The first-order valence-electron chi connectivity index (χ1n) is 8.36. The summed E-state index contributed by atoms with van der Waals surface area (Å²) in [4.78, 5) is 0. The smallest absolute Gasteiger partial charge is 0.125 e. The summed E-state index contributed by atoms with van der Waals surface area (Å²) in [6.45, 7) is 9.31. The van der Waals surface area contributed by atoms with Gasteiger partial charge in [-0.15, -0.1) is 0 Å². The summed E-state index contributed by atoms with van der Waals surface area (Å²) in [6.07, 6.45) is 7.37. The predicted octanol–water partition coefficient (Wildman–Crippen LogP) is 5.38. The van der Waals surface area contributed by atoms with Crippen molar-refractivity contribution >= 4 is 0 Å². The highest BCUT2D eigenvalue weighted by molar-refractivity contribution is 5.53. The molecule has 0 fully saturated rings. The van der Waals surface area contributed by atoms with E-state index in [1.165, 1.54) is 30.4 Å². The minimum atomic E-state index is 0.301. The van der Waals surface area contributed by atoms with E-state index in [1.54, 1.807) is 11.1 Å². The molecule has 0 saturated heterocycles. The lowest BCUT2D eigenvalue weighted by Crippen LogP contribution is -2.39. The molecule has 1 heteroatoms. The van der Waals surface area contributed by atoms with Crippen LogP contribution in [0.4, 0.5) is 0 Å². The molecule has 2 aliphatic rings. The van der Waals surface area contributed by atoms with Gasteiger partial charge in [-0.25, -0.2) is 0 Å². The minimum Gasteiger partial charge on any atom is -0.496 e. The molecule has 114 valence electrons. The second-order valence-electron chi connectivity index (χ2n) is 7.36. The predicted molar refractivity (Wildman–Crippen MR) is 89.2 cm³/mol. The fraction of sp³-hybridized carbons (Fsp3) is 0.600. The molecule has 2 aliphatic carbocycles. The SMILES string of the molecule is COc1c(C(C)C)ccc2c1CC[C@H]1C(C)=CCC[C@]21C. The van der Waals surface area contributed by atoms with E-state index in [4.69, 9.17) is 4.74 Å². The average Bonchev–Trinajstić information content (AvgIpc) is 2.45. The molecule has 0 unspecified atom stereocenters. The van der Waals surface area contributed by atoms with Gasteiger partial charge in [0, 0.05) is 0 Å². The van der Waals surface area contributed by atoms with E-state index in [0.29, 0.717) is 17.3 Å². The summed E-state index contributed by atoms with van der Waals surface area (Å²) < 4.78 is 5.84. The number of hydrogen-bond acceptors (Lipinski definition) is 1. The summed E-state index contributed by atoms with van der Waals surface area (Å²) in [7, 11) is 1.84. The summed E-state index contributed by atoms with van der Waals surface area (Å²) in [5, 5.41) is 0. The van der Waals surface area contributed by atoms with Crippen LogP contribution in [0.15, 0.2) is 23.8 Å². The number of rotatable bonds is 2. The highest BCUT2D eigenvalue weighted by Gasteiger charge is 2.43. The Morgan fingerprint density at radius 3 is 2.71 bits per heavy atom. The first kappa shape index (κ1) is 14.7. The molecule has 0 aliphatic heterocycles. The number of ether oxygens (including phenoxy) is 1. The molecule has 0 heterocycles. The van der Waals surface area contributed by atoms with Crippen molar-refractivity contribution in [2.75, 3.05) is 7.11 Å². The Hall–Kier alpha value is -1.24. The molecular formula is C20H28O. The van der Waals surface area contributed by atoms with Crippen LogP contribution >= 0.6 is 0 Å². The fourth-order valence-corrected chi connectivity index (χ4v) is 4.70. The molecule has 0 spiro atoms. The van der Waals surface area contributed by atoms with Gasteiger partial charge in [-0.2, -0.15) is 0 Å². The van der Waals surface area contributed by atoms with Gasteiger partial charge in [0.15, 0.2) is 0 Å². The third kappa shape index (κ3) is 2.13. The van der Waals surface area contributed by atoms with Gasteiger partial charge >= 0.3 is 0 Å². The lowest BCUT2D eigenvalue weighted by molar-refractivity contribution is 0.257. The standard InChI is InChI=1S/C20H28O/c1-13(2)15-8-11-18-16(19(15)21-5)9-10-17-14(3)7-6-12-20(17,18)4/h7-8,11,13,17H,6,9-10,12H2,1-5H3/t17-,20-/m0/s1. The highest BCUT2D eigenvalue weighted by atomic mass is 16.5. The van der Waals surface area contributed by atoms with Gasteiger partial charge in [0.2, 0.25) is 0 Å². The first-order chi connectivity index (χ1) is 9.99. The average molecular weight is 284 g/mol. The lowest BCUT2D eigenvalue weighted by atomic mass is 9.58. The van der Waals surface area contributed by atoms with E-state index in [-0.39, 0.29) is 0 Å². The van der Waals surface area contributed by atoms with Crippen molar-refractivity contribution < 1.29 is 4.74 Å². The Bertz CT molecular complexity index is 582. The second kappa shape index (κ2) is 5.19. The maximum Gasteiger partial charge on any atom is 0.125 e. The van der Waals surface area contributed by atoms with Crippen molar-refractivity contribution in [2.24, 2.45) is 5.92 Å². The molecule has 1 aromatic carbocycles. The Morgan fingerprint density at radius 2 is 2.05 bits per heavy atom. The largest absolute Gasteiger partial charge is 0.496 e. The van der Waals surface area contributed by atoms with E-state index >= 15 is 0 Å². The molecule has 1 aromatic rings. The first-order valence-corrected chi connectivity index (χ1v) is 8.36. The molecule has 0 N–H and O–H groups in total. The monoisotopic (exact) mass is 284 g/mol. The maximum absolute atomic E-state index is 5.84. The molecule has 0 saturated carbocycles. The maximum atomic E-state index is 5.84. The number of allylic oxidation sites excluding steroid dienone is 2. The normalized spacial score (nSPS) is 27.9. The Balaban J connectivity index is 2.17. The van der Waals surface area contributed by atoms with E-state index < -0.39 is 0 Å². The topological polar surface area (TPSA) is 9.23 Å². The van der Waals surface area contributed by atoms with Crippen LogP contribution in [0.25, 0.3) is 0 Å². The van der Waals surface area contributed by atoms with Crippen LogP contribution in [-0.2, 0) is 11.8 Å². The van der Waals surface area contributed by atoms with Crippen molar-refractivity contribution in [3.05, 3.63) is 40.5 Å². The van der Waals surface area contributed by atoms with Gasteiger partial charge in [-0.3, -0.25) is 0 Å². The van der Waals surface area contributed by atoms with Crippen LogP contribution < -0.4 is 4.74 Å². The van der Waals surface area contributed by atoms with Crippen molar-refractivity contribution in [3.63, 3.8) is 0 Å². The molecule has 1 nitrogen and oxygen atoms in total. The summed E-state index contributed by atoms with van der Waals surface area (Å²) in [5.41, 5.74) is 6.29. The van der Waals surface area contributed by atoms with E-state index in [2.05, 4.69) is 45.9 Å². The highest BCUT2D eigenvalue weighted by Crippen LogP contribution is 2.52. The second-order valence-corrected chi connectivity index (χ2v) is 7.36. The molecular weight excluding hydrogens is 256 g/mol. The van der Waals surface area contributed by atoms with Crippen molar-refractivity contribution in [1.29, 1.82) is 0 Å². The summed E-state index contributed by atoms with van der Waals surface area (Å²) in [5.74, 6) is 2.39. The number of hydrogen-bond donors (Lipinski definition) is 0. The van der Waals surface area contributed by atoms with Crippen LogP contribution in [0.5, 0.6) is 5.75 Å². The third-order valence-corrected chi connectivity index (χ3v) is 5.86. The van der Waals surface area contributed by atoms with Gasteiger partial charge < -0.3 is 4.74 Å². The number of benzene rings is 1. The minimum absolute atomic E-state index is 0.301. The Morgan fingerprint density at radius 1 is 1.29 bits per heavy atom. The molecule has 0 aromatic heterocycles. The van der Waals surface area contributed by atoms with Gasteiger partial charge in [0.05, 0.1) is 7.11 Å². The van der Waals surface area contributed by atoms with Crippen molar-refractivity contribution in [3.8, 4) is 5.75 Å².